The molecule has 2 aliphatic heterocycles. The van der Waals surface area contributed by atoms with Crippen molar-refractivity contribution in [2.24, 2.45) is 16.8 Å². The number of nitrogens with one attached hydrogen (secondary N) is 2. The minimum Gasteiger partial charge on any atom is -0.381 e. The zero-order valence-corrected chi connectivity index (χ0v) is 19.7. The quantitative estimate of drug-likeness (QED) is 0.211. The van der Waals surface area contributed by atoms with E-state index >= 15 is 0 Å². The van der Waals surface area contributed by atoms with Gasteiger partial charge in [-0.25, -0.2) is 0 Å². The van der Waals surface area contributed by atoms with Crippen molar-refractivity contribution < 1.29 is 9.47 Å². The number of ether oxygens (including phenoxy) is 2. The van der Waals surface area contributed by atoms with E-state index in [0.29, 0.717) is 11.8 Å². The van der Waals surface area contributed by atoms with Gasteiger partial charge in [0.05, 0.1) is 0 Å². The smallest absolute Gasteiger partial charge is 0.190 e. The molecular weight excluding hydrogens is 455 g/mol. The fourth-order valence-electron chi connectivity index (χ4n) is 3.68. The Morgan fingerprint density at radius 1 is 1.19 bits per heavy atom. The molecule has 2 saturated heterocycles. The first-order valence-corrected chi connectivity index (χ1v) is 10.6. The summed E-state index contributed by atoms with van der Waals surface area (Å²) in [5, 5.41) is 6.85. The Morgan fingerprint density at radius 2 is 1.93 bits per heavy atom. The first-order chi connectivity index (χ1) is 12.8. The number of halogens is 1. The molecule has 0 spiro atoms. The van der Waals surface area contributed by atoms with Crippen LogP contribution in [-0.2, 0) is 9.47 Å². The van der Waals surface area contributed by atoms with Gasteiger partial charge in [0.25, 0.3) is 0 Å². The normalized spacial score (nSPS) is 20.7. The maximum atomic E-state index is 5.81. The van der Waals surface area contributed by atoms with E-state index in [1.165, 1.54) is 38.9 Å². The Kier molecular flexibility index (Phi) is 14.5. The number of hydrogen-bond donors (Lipinski definition) is 2. The van der Waals surface area contributed by atoms with Crippen LogP contribution in [0.3, 0.4) is 0 Å². The average molecular weight is 496 g/mol. The van der Waals surface area contributed by atoms with Gasteiger partial charge in [0, 0.05) is 53.1 Å². The SMILES string of the molecule is CN=C(NCCCOCC1CCOCC1)NCC(C)CN1CCCCC1.I. The fraction of sp³-hybridized carbons (Fsp3) is 0.950. The maximum Gasteiger partial charge on any atom is 0.190 e. The minimum atomic E-state index is 0. The molecule has 1 unspecified atom stereocenters. The van der Waals surface area contributed by atoms with Gasteiger partial charge in [-0.1, -0.05) is 13.3 Å². The molecule has 0 radical (unpaired) electrons. The van der Waals surface area contributed by atoms with Crippen LogP contribution < -0.4 is 10.6 Å². The molecule has 0 saturated carbocycles. The highest BCUT2D eigenvalue weighted by molar-refractivity contribution is 14.0. The predicted molar refractivity (Wildman–Crippen MR) is 123 cm³/mol. The molecule has 7 heteroatoms. The summed E-state index contributed by atoms with van der Waals surface area (Å²) in [4.78, 5) is 6.92. The molecule has 2 aliphatic rings. The van der Waals surface area contributed by atoms with Crippen LogP contribution in [0.2, 0.25) is 0 Å². The van der Waals surface area contributed by atoms with Crippen LogP contribution in [0.25, 0.3) is 0 Å². The second-order valence-corrected chi connectivity index (χ2v) is 7.83. The van der Waals surface area contributed by atoms with E-state index in [1.807, 2.05) is 7.05 Å². The Balaban J connectivity index is 0.00000364. The zero-order valence-electron chi connectivity index (χ0n) is 17.4. The van der Waals surface area contributed by atoms with Gasteiger partial charge in [0.2, 0.25) is 0 Å². The summed E-state index contributed by atoms with van der Waals surface area (Å²) in [6.45, 7) is 11.4. The van der Waals surface area contributed by atoms with Crippen molar-refractivity contribution in [3.05, 3.63) is 0 Å². The first-order valence-electron chi connectivity index (χ1n) is 10.6. The Bertz CT molecular complexity index is 386. The van der Waals surface area contributed by atoms with E-state index in [4.69, 9.17) is 9.47 Å². The van der Waals surface area contributed by atoms with Crippen LogP contribution in [0.15, 0.2) is 4.99 Å². The zero-order chi connectivity index (χ0) is 18.5. The van der Waals surface area contributed by atoms with Crippen LogP contribution >= 0.6 is 24.0 Å². The van der Waals surface area contributed by atoms with E-state index in [2.05, 4.69) is 27.4 Å². The van der Waals surface area contributed by atoms with Gasteiger partial charge in [-0.2, -0.15) is 0 Å². The van der Waals surface area contributed by atoms with Crippen molar-refractivity contribution in [2.75, 3.05) is 66.2 Å². The van der Waals surface area contributed by atoms with Crippen molar-refractivity contribution in [1.82, 2.24) is 15.5 Å². The topological polar surface area (TPSA) is 58.1 Å². The Morgan fingerprint density at radius 3 is 2.63 bits per heavy atom. The number of likely N-dealkylation sites (tertiary alicyclic amines) is 1. The lowest BCUT2D eigenvalue weighted by Crippen LogP contribution is -2.42. The summed E-state index contributed by atoms with van der Waals surface area (Å²) in [6, 6.07) is 0. The number of hydrogen-bond acceptors (Lipinski definition) is 4. The van der Waals surface area contributed by atoms with Gasteiger partial charge in [-0.15, -0.1) is 24.0 Å². The summed E-state index contributed by atoms with van der Waals surface area (Å²) in [6.07, 6.45) is 7.42. The lowest BCUT2D eigenvalue weighted by atomic mass is 10.0. The van der Waals surface area contributed by atoms with Gasteiger partial charge >= 0.3 is 0 Å². The van der Waals surface area contributed by atoms with Gasteiger partial charge in [-0.05, 0) is 57.0 Å². The molecule has 2 heterocycles. The molecule has 0 aromatic heterocycles. The molecule has 2 N–H and O–H groups in total. The monoisotopic (exact) mass is 496 g/mol. The first kappa shape index (κ1) is 24.9. The Hall–Kier alpha value is -0.120. The van der Waals surface area contributed by atoms with Crippen LogP contribution in [0.1, 0.15) is 45.4 Å². The van der Waals surface area contributed by atoms with E-state index in [-0.39, 0.29) is 24.0 Å². The fourth-order valence-corrected chi connectivity index (χ4v) is 3.68. The van der Waals surface area contributed by atoms with E-state index < -0.39 is 0 Å². The van der Waals surface area contributed by atoms with Gasteiger partial charge < -0.3 is 25.0 Å². The summed E-state index contributed by atoms with van der Waals surface area (Å²) < 4.78 is 11.2. The summed E-state index contributed by atoms with van der Waals surface area (Å²) in [7, 11) is 1.84. The third-order valence-corrected chi connectivity index (χ3v) is 5.31. The molecule has 2 fully saturated rings. The van der Waals surface area contributed by atoms with Crippen molar-refractivity contribution in [3.63, 3.8) is 0 Å². The molecule has 1 atom stereocenters. The van der Waals surface area contributed by atoms with Crippen molar-refractivity contribution >= 4 is 29.9 Å². The highest BCUT2D eigenvalue weighted by Crippen LogP contribution is 2.14. The van der Waals surface area contributed by atoms with E-state index in [1.54, 1.807) is 0 Å². The molecule has 0 aromatic rings. The lowest BCUT2D eigenvalue weighted by molar-refractivity contribution is 0.0203. The Labute approximate surface area is 183 Å². The summed E-state index contributed by atoms with van der Waals surface area (Å²) >= 11 is 0. The third kappa shape index (κ3) is 11.5. The third-order valence-electron chi connectivity index (χ3n) is 5.31. The molecule has 6 nitrogen and oxygen atoms in total. The van der Waals surface area contributed by atoms with Gasteiger partial charge in [-0.3, -0.25) is 4.99 Å². The van der Waals surface area contributed by atoms with Crippen molar-refractivity contribution in [1.29, 1.82) is 0 Å². The molecule has 0 amide bonds. The number of rotatable bonds is 10. The number of aliphatic imine (C=N–C) groups is 1. The molecule has 0 aliphatic carbocycles. The van der Waals surface area contributed by atoms with Crippen LogP contribution in [0.5, 0.6) is 0 Å². The maximum absolute atomic E-state index is 5.81. The highest BCUT2D eigenvalue weighted by Gasteiger charge is 2.14. The number of guanidine groups is 1. The molecule has 160 valence electrons. The van der Waals surface area contributed by atoms with Crippen LogP contribution in [0, 0.1) is 11.8 Å². The number of nitrogens with zero attached hydrogens (tertiary/aromatic N) is 2. The molecular formula is C20H41IN4O2. The molecule has 0 aromatic carbocycles. The molecule has 2 rings (SSSR count). The summed E-state index contributed by atoms with van der Waals surface area (Å²) in [5.41, 5.74) is 0. The standard InChI is InChI=1S/C20H40N4O2.HI/c1-18(16-24-10-4-3-5-11-24)15-23-20(21-2)22-9-6-12-26-17-19-7-13-25-14-8-19;/h18-19H,3-17H2,1-2H3,(H2,21,22,23);1H. The predicted octanol–water partition coefficient (Wildman–Crippen LogP) is 2.72. The lowest BCUT2D eigenvalue weighted by Gasteiger charge is -2.29. The van der Waals surface area contributed by atoms with Gasteiger partial charge in [0.15, 0.2) is 5.96 Å². The minimum absolute atomic E-state index is 0. The number of piperidine rings is 1. The second kappa shape index (κ2) is 15.8. The second-order valence-electron chi connectivity index (χ2n) is 7.83. The average Bonchev–Trinajstić information content (AvgIpc) is 2.68. The van der Waals surface area contributed by atoms with Crippen LogP contribution in [-0.4, -0.2) is 77.1 Å². The van der Waals surface area contributed by atoms with Crippen LogP contribution in [0.4, 0.5) is 0 Å². The highest BCUT2D eigenvalue weighted by atomic mass is 127. The molecule has 27 heavy (non-hydrogen) atoms. The van der Waals surface area contributed by atoms with Crippen molar-refractivity contribution in [2.45, 2.75) is 45.4 Å². The largest absolute Gasteiger partial charge is 0.381 e. The van der Waals surface area contributed by atoms with Gasteiger partial charge in [0.1, 0.15) is 0 Å². The van der Waals surface area contributed by atoms with E-state index in [9.17, 15) is 0 Å². The van der Waals surface area contributed by atoms with E-state index in [0.717, 1.165) is 64.7 Å². The van der Waals surface area contributed by atoms with Crippen molar-refractivity contribution in [3.8, 4) is 0 Å². The summed E-state index contributed by atoms with van der Waals surface area (Å²) in [5.74, 6) is 2.22. The molecule has 0 bridgehead atoms.